The fourth-order valence-electron chi connectivity index (χ4n) is 1.46. The van der Waals surface area contributed by atoms with Crippen LogP contribution in [-0.4, -0.2) is 30.5 Å². The molecule has 0 amide bonds. The molecule has 0 aliphatic carbocycles. The Hall–Kier alpha value is -1.06. The van der Waals surface area contributed by atoms with Crippen LogP contribution in [0, 0.1) is 0 Å². The smallest absolute Gasteiger partial charge is 0.0945 e. The average Bonchev–Trinajstić information content (AvgIpc) is 2.34. The van der Waals surface area contributed by atoms with E-state index in [1.807, 2.05) is 26.0 Å². The van der Waals surface area contributed by atoms with Gasteiger partial charge in [-0.3, -0.25) is 0 Å². The van der Waals surface area contributed by atoms with Crippen molar-refractivity contribution in [3.05, 3.63) is 29.8 Å². The second-order valence-electron chi connectivity index (χ2n) is 4.47. The Kier molecular flexibility index (Phi) is 6.01. The Morgan fingerprint density at radius 2 is 1.88 bits per heavy atom. The van der Waals surface area contributed by atoms with Crippen molar-refractivity contribution in [2.24, 2.45) is 0 Å². The Balaban J connectivity index is 2.29. The van der Waals surface area contributed by atoms with E-state index in [1.54, 1.807) is 0 Å². The maximum absolute atomic E-state index is 9.67. The second kappa shape index (κ2) is 7.30. The highest BCUT2D eigenvalue weighted by molar-refractivity contribution is 5.44. The predicted octanol–water partition coefficient (Wildman–Crippen LogP) is 2.45. The maximum atomic E-state index is 9.67. The molecule has 1 rings (SSSR count). The number of ether oxygens (including phenoxy) is 1. The standard InChI is InChI=1S/C14H23NO2/c1-4-12-5-7-13(8-6-12)15-9-14(16)10-17-11(2)3/h5-8,11,14-16H,4,9-10H2,1-3H3. The predicted molar refractivity (Wildman–Crippen MR) is 71.4 cm³/mol. The first kappa shape index (κ1) is 14.0. The van der Waals surface area contributed by atoms with E-state index in [9.17, 15) is 5.11 Å². The molecular formula is C14H23NO2. The second-order valence-corrected chi connectivity index (χ2v) is 4.47. The Bertz CT molecular complexity index is 309. The van der Waals surface area contributed by atoms with Crippen molar-refractivity contribution in [2.45, 2.75) is 39.4 Å². The molecule has 17 heavy (non-hydrogen) atoms. The fourth-order valence-corrected chi connectivity index (χ4v) is 1.46. The lowest BCUT2D eigenvalue weighted by Crippen LogP contribution is -2.26. The topological polar surface area (TPSA) is 41.5 Å². The number of nitrogens with one attached hydrogen (secondary N) is 1. The normalized spacial score (nSPS) is 12.8. The summed E-state index contributed by atoms with van der Waals surface area (Å²) in [5.74, 6) is 0. The largest absolute Gasteiger partial charge is 0.389 e. The lowest BCUT2D eigenvalue weighted by molar-refractivity contribution is 0.0112. The van der Waals surface area contributed by atoms with Crippen LogP contribution in [0.5, 0.6) is 0 Å². The SMILES string of the molecule is CCc1ccc(NCC(O)COC(C)C)cc1. The molecule has 0 spiro atoms. The van der Waals surface area contributed by atoms with Gasteiger partial charge >= 0.3 is 0 Å². The summed E-state index contributed by atoms with van der Waals surface area (Å²) in [7, 11) is 0. The molecule has 0 saturated heterocycles. The van der Waals surface area contributed by atoms with Gasteiger partial charge in [0.15, 0.2) is 0 Å². The minimum absolute atomic E-state index is 0.161. The first-order valence-corrected chi connectivity index (χ1v) is 6.24. The van der Waals surface area contributed by atoms with E-state index >= 15 is 0 Å². The monoisotopic (exact) mass is 237 g/mol. The number of rotatable bonds is 7. The number of benzene rings is 1. The summed E-state index contributed by atoms with van der Waals surface area (Å²) in [6.45, 7) is 6.94. The maximum Gasteiger partial charge on any atom is 0.0945 e. The number of hydrogen-bond acceptors (Lipinski definition) is 3. The number of aliphatic hydroxyl groups excluding tert-OH is 1. The molecule has 0 aromatic heterocycles. The van der Waals surface area contributed by atoms with E-state index in [0.29, 0.717) is 13.2 Å². The molecule has 0 radical (unpaired) electrons. The molecule has 3 heteroatoms. The summed E-state index contributed by atoms with van der Waals surface area (Å²) < 4.78 is 5.34. The van der Waals surface area contributed by atoms with E-state index in [4.69, 9.17) is 4.74 Å². The van der Waals surface area contributed by atoms with Gasteiger partial charge in [0.2, 0.25) is 0 Å². The minimum atomic E-state index is -0.469. The molecule has 0 aliphatic rings. The van der Waals surface area contributed by atoms with Crippen LogP contribution in [0.3, 0.4) is 0 Å². The Morgan fingerprint density at radius 3 is 2.41 bits per heavy atom. The third kappa shape index (κ3) is 5.71. The number of anilines is 1. The van der Waals surface area contributed by atoms with Gasteiger partial charge in [-0.05, 0) is 38.0 Å². The summed E-state index contributed by atoms with van der Waals surface area (Å²) in [6.07, 6.45) is 0.738. The van der Waals surface area contributed by atoms with Gasteiger partial charge in [-0.25, -0.2) is 0 Å². The van der Waals surface area contributed by atoms with Gasteiger partial charge in [0, 0.05) is 12.2 Å². The van der Waals surface area contributed by atoms with Crippen molar-refractivity contribution in [3.8, 4) is 0 Å². The summed E-state index contributed by atoms with van der Waals surface area (Å²) in [6, 6.07) is 8.27. The van der Waals surface area contributed by atoms with Gasteiger partial charge in [-0.1, -0.05) is 19.1 Å². The third-order valence-electron chi connectivity index (χ3n) is 2.53. The molecule has 96 valence electrons. The highest BCUT2D eigenvalue weighted by atomic mass is 16.5. The molecule has 2 N–H and O–H groups in total. The number of hydrogen-bond donors (Lipinski definition) is 2. The summed E-state index contributed by atoms with van der Waals surface area (Å²) in [5, 5.41) is 12.9. The van der Waals surface area contributed by atoms with Gasteiger partial charge < -0.3 is 15.2 Å². The lowest BCUT2D eigenvalue weighted by atomic mass is 10.1. The van der Waals surface area contributed by atoms with E-state index in [1.165, 1.54) is 5.56 Å². The van der Waals surface area contributed by atoms with Gasteiger partial charge in [0.05, 0.1) is 18.8 Å². The van der Waals surface area contributed by atoms with Gasteiger partial charge in [0.1, 0.15) is 0 Å². The van der Waals surface area contributed by atoms with E-state index in [-0.39, 0.29) is 6.10 Å². The van der Waals surface area contributed by atoms with Crippen LogP contribution < -0.4 is 5.32 Å². The van der Waals surface area contributed by atoms with E-state index in [2.05, 4.69) is 24.4 Å². The van der Waals surface area contributed by atoms with Gasteiger partial charge in [-0.15, -0.1) is 0 Å². The van der Waals surface area contributed by atoms with Crippen molar-refractivity contribution in [3.63, 3.8) is 0 Å². The molecule has 1 atom stereocenters. The molecule has 0 aliphatic heterocycles. The number of aryl methyl sites for hydroxylation is 1. The van der Waals surface area contributed by atoms with Crippen molar-refractivity contribution in [1.82, 2.24) is 0 Å². The molecule has 1 aromatic carbocycles. The third-order valence-corrected chi connectivity index (χ3v) is 2.53. The van der Waals surface area contributed by atoms with E-state index in [0.717, 1.165) is 12.1 Å². The lowest BCUT2D eigenvalue weighted by Gasteiger charge is -2.15. The first-order valence-electron chi connectivity index (χ1n) is 6.24. The zero-order valence-corrected chi connectivity index (χ0v) is 10.9. The van der Waals surface area contributed by atoms with Crippen LogP contribution in [0.15, 0.2) is 24.3 Å². The number of aliphatic hydroxyl groups is 1. The summed E-state index contributed by atoms with van der Waals surface area (Å²) in [4.78, 5) is 0. The quantitative estimate of drug-likeness (QED) is 0.765. The Morgan fingerprint density at radius 1 is 1.24 bits per heavy atom. The molecule has 1 aromatic rings. The molecule has 1 unspecified atom stereocenters. The van der Waals surface area contributed by atoms with Crippen molar-refractivity contribution in [2.75, 3.05) is 18.5 Å². The van der Waals surface area contributed by atoms with Crippen LogP contribution in [-0.2, 0) is 11.2 Å². The van der Waals surface area contributed by atoms with Crippen LogP contribution in [0.1, 0.15) is 26.3 Å². The van der Waals surface area contributed by atoms with Crippen LogP contribution >= 0.6 is 0 Å². The van der Waals surface area contributed by atoms with Crippen molar-refractivity contribution in [1.29, 1.82) is 0 Å². The zero-order chi connectivity index (χ0) is 12.7. The van der Waals surface area contributed by atoms with Crippen LogP contribution in [0.4, 0.5) is 5.69 Å². The van der Waals surface area contributed by atoms with Gasteiger partial charge in [0.25, 0.3) is 0 Å². The molecule has 0 bridgehead atoms. The highest BCUT2D eigenvalue weighted by Crippen LogP contribution is 2.09. The zero-order valence-electron chi connectivity index (χ0n) is 10.9. The van der Waals surface area contributed by atoms with Crippen LogP contribution in [0.2, 0.25) is 0 Å². The van der Waals surface area contributed by atoms with Gasteiger partial charge in [-0.2, -0.15) is 0 Å². The molecule has 0 fully saturated rings. The first-order chi connectivity index (χ1) is 8.11. The van der Waals surface area contributed by atoms with Crippen LogP contribution in [0.25, 0.3) is 0 Å². The molecular weight excluding hydrogens is 214 g/mol. The van der Waals surface area contributed by atoms with E-state index < -0.39 is 6.10 Å². The average molecular weight is 237 g/mol. The fraction of sp³-hybridized carbons (Fsp3) is 0.571. The summed E-state index contributed by atoms with van der Waals surface area (Å²) >= 11 is 0. The molecule has 3 nitrogen and oxygen atoms in total. The molecule has 0 heterocycles. The molecule has 0 saturated carbocycles. The van der Waals surface area contributed by atoms with Crippen molar-refractivity contribution < 1.29 is 9.84 Å². The Labute approximate surface area is 104 Å². The highest BCUT2D eigenvalue weighted by Gasteiger charge is 2.05. The van der Waals surface area contributed by atoms with Crippen molar-refractivity contribution >= 4 is 5.69 Å². The minimum Gasteiger partial charge on any atom is -0.389 e. The summed E-state index contributed by atoms with van der Waals surface area (Å²) in [5.41, 5.74) is 2.35.